The Balaban J connectivity index is 2.55. The van der Waals surface area contributed by atoms with Crippen molar-refractivity contribution >= 4 is 0 Å². The molecule has 0 saturated carbocycles. The molecule has 0 spiro atoms. The van der Waals surface area contributed by atoms with Crippen LogP contribution in [0.25, 0.3) is 0 Å². The third kappa shape index (κ3) is 5.71. The number of likely N-dealkylation sites (tertiary alicyclic amines) is 1. The van der Waals surface area contributed by atoms with Gasteiger partial charge < -0.3 is 15.3 Å². The zero-order valence-corrected chi connectivity index (χ0v) is 14.1. The number of hydrogen-bond donors (Lipinski definition) is 2. The fraction of sp³-hybridized carbons (Fsp3) is 1.00. The third-order valence-electron chi connectivity index (χ3n) is 5.08. The molecule has 1 aliphatic rings. The standard InChI is InChI=1S/C17H36N2O/c1-5-17(6-2,13-18-15(3)4)14-19-10-7-8-16(12-19)9-11-20/h15-16,18,20H,5-14H2,1-4H3. The summed E-state index contributed by atoms with van der Waals surface area (Å²) in [5, 5.41) is 12.8. The van der Waals surface area contributed by atoms with Gasteiger partial charge in [0.1, 0.15) is 0 Å². The zero-order valence-electron chi connectivity index (χ0n) is 14.1. The predicted molar refractivity (Wildman–Crippen MR) is 87.0 cm³/mol. The molecule has 1 rings (SSSR count). The van der Waals surface area contributed by atoms with E-state index >= 15 is 0 Å². The van der Waals surface area contributed by atoms with Gasteiger partial charge in [0.05, 0.1) is 0 Å². The molecule has 2 N–H and O–H groups in total. The number of aliphatic hydroxyl groups excluding tert-OH is 1. The van der Waals surface area contributed by atoms with Crippen molar-refractivity contribution in [2.45, 2.75) is 65.8 Å². The summed E-state index contributed by atoms with van der Waals surface area (Å²) in [5.74, 6) is 0.707. The Morgan fingerprint density at radius 3 is 2.55 bits per heavy atom. The topological polar surface area (TPSA) is 35.5 Å². The van der Waals surface area contributed by atoms with Crippen molar-refractivity contribution in [2.75, 3.05) is 32.8 Å². The summed E-state index contributed by atoms with van der Waals surface area (Å²) >= 11 is 0. The van der Waals surface area contributed by atoms with E-state index in [1.165, 1.54) is 45.3 Å². The number of rotatable bonds is 9. The number of nitrogens with one attached hydrogen (secondary N) is 1. The molecule has 120 valence electrons. The normalized spacial score (nSPS) is 21.6. The van der Waals surface area contributed by atoms with Gasteiger partial charge in [-0.25, -0.2) is 0 Å². The number of piperidine rings is 1. The molecule has 1 atom stereocenters. The molecule has 0 aliphatic carbocycles. The predicted octanol–water partition coefficient (Wildman–Crippen LogP) is 2.89. The van der Waals surface area contributed by atoms with Crippen LogP contribution in [-0.4, -0.2) is 48.8 Å². The lowest BCUT2D eigenvalue weighted by Gasteiger charge is -2.41. The van der Waals surface area contributed by atoms with Gasteiger partial charge in [-0.2, -0.15) is 0 Å². The van der Waals surface area contributed by atoms with E-state index in [1.54, 1.807) is 0 Å². The van der Waals surface area contributed by atoms with Crippen molar-refractivity contribution in [3.05, 3.63) is 0 Å². The minimum atomic E-state index is 0.347. The van der Waals surface area contributed by atoms with Crippen LogP contribution >= 0.6 is 0 Å². The van der Waals surface area contributed by atoms with E-state index in [-0.39, 0.29) is 0 Å². The highest BCUT2D eigenvalue weighted by Gasteiger charge is 2.31. The van der Waals surface area contributed by atoms with E-state index in [0.717, 1.165) is 13.0 Å². The van der Waals surface area contributed by atoms with Gasteiger partial charge in [-0.05, 0) is 50.0 Å². The summed E-state index contributed by atoms with van der Waals surface area (Å²) in [5.41, 5.74) is 0.408. The molecular weight excluding hydrogens is 248 g/mol. The van der Waals surface area contributed by atoms with Crippen LogP contribution in [0.4, 0.5) is 0 Å². The van der Waals surface area contributed by atoms with Crippen LogP contribution < -0.4 is 5.32 Å². The summed E-state index contributed by atoms with van der Waals surface area (Å²) in [6.07, 6.45) is 6.05. The number of hydrogen-bond acceptors (Lipinski definition) is 3. The van der Waals surface area contributed by atoms with Crippen LogP contribution in [0.3, 0.4) is 0 Å². The van der Waals surface area contributed by atoms with Gasteiger partial charge in [-0.3, -0.25) is 0 Å². The fourth-order valence-corrected chi connectivity index (χ4v) is 3.39. The average molecular weight is 284 g/mol. The van der Waals surface area contributed by atoms with E-state index in [1.807, 2.05) is 0 Å². The second-order valence-electron chi connectivity index (χ2n) is 7.00. The van der Waals surface area contributed by atoms with Gasteiger partial charge in [0.25, 0.3) is 0 Å². The Bertz CT molecular complexity index is 249. The second kappa shape index (κ2) is 9.01. The molecule has 0 amide bonds. The molecule has 1 unspecified atom stereocenters. The molecular formula is C17H36N2O. The molecule has 3 nitrogen and oxygen atoms in total. The van der Waals surface area contributed by atoms with Crippen molar-refractivity contribution in [1.82, 2.24) is 10.2 Å². The molecule has 1 fully saturated rings. The first kappa shape index (κ1) is 17.9. The fourth-order valence-electron chi connectivity index (χ4n) is 3.39. The van der Waals surface area contributed by atoms with Crippen LogP contribution in [0, 0.1) is 11.3 Å². The Kier molecular flexibility index (Phi) is 8.08. The van der Waals surface area contributed by atoms with E-state index in [9.17, 15) is 0 Å². The lowest BCUT2D eigenvalue weighted by molar-refractivity contribution is 0.0842. The monoisotopic (exact) mass is 284 g/mol. The van der Waals surface area contributed by atoms with Crippen LogP contribution in [0.15, 0.2) is 0 Å². The van der Waals surface area contributed by atoms with Gasteiger partial charge in [0, 0.05) is 32.3 Å². The maximum atomic E-state index is 9.15. The molecule has 3 heteroatoms. The highest BCUT2D eigenvalue weighted by atomic mass is 16.3. The van der Waals surface area contributed by atoms with Crippen LogP contribution in [0.2, 0.25) is 0 Å². The minimum Gasteiger partial charge on any atom is -0.396 e. The van der Waals surface area contributed by atoms with Crippen LogP contribution in [-0.2, 0) is 0 Å². The summed E-state index contributed by atoms with van der Waals surface area (Å²) in [6, 6.07) is 0.566. The summed E-state index contributed by atoms with van der Waals surface area (Å²) in [6.45, 7) is 14.2. The largest absolute Gasteiger partial charge is 0.396 e. The first-order valence-corrected chi connectivity index (χ1v) is 8.62. The lowest BCUT2D eigenvalue weighted by Crippen LogP contribution is -2.48. The quantitative estimate of drug-likeness (QED) is 0.683. The molecule has 1 saturated heterocycles. The molecule has 0 aromatic heterocycles. The first-order chi connectivity index (χ1) is 9.55. The molecule has 0 aromatic carbocycles. The Labute approximate surface area is 126 Å². The summed E-state index contributed by atoms with van der Waals surface area (Å²) < 4.78 is 0. The van der Waals surface area contributed by atoms with E-state index < -0.39 is 0 Å². The van der Waals surface area contributed by atoms with Crippen molar-refractivity contribution in [1.29, 1.82) is 0 Å². The van der Waals surface area contributed by atoms with E-state index in [0.29, 0.717) is 24.0 Å². The molecule has 0 radical (unpaired) electrons. The Morgan fingerprint density at radius 1 is 1.30 bits per heavy atom. The van der Waals surface area contributed by atoms with Crippen molar-refractivity contribution < 1.29 is 5.11 Å². The van der Waals surface area contributed by atoms with Crippen LogP contribution in [0.5, 0.6) is 0 Å². The SMILES string of the molecule is CCC(CC)(CNC(C)C)CN1CCCC(CCO)C1. The molecule has 1 aliphatic heterocycles. The molecule has 0 aromatic rings. The Morgan fingerprint density at radius 2 is 2.00 bits per heavy atom. The highest BCUT2D eigenvalue weighted by Crippen LogP contribution is 2.30. The molecule has 20 heavy (non-hydrogen) atoms. The smallest absolute Gasteiger partial charge is 0.0434 e. The molecule has 1 heterocycles. The zero-order chi connectivity index (χ0) is 15.0. The number of aliphatic hydroxyl groups is 1. The van der Waals surface area contributed by atoms with Crippen molar-refractivity contribution in [3.63, 3.8) is 0 Å². The number of nitrogens with zero attached hydrogens (tertiary/aromatic N) is 1. The Hall–Kier alpha value is -0.120. The van der Waals surface area contributed by atoms with E-state index in [2.05, 4.69) is 37.9 Å². The summed E-state index contributed by atoms with van der Waals surface area (Å²) in [4.78, 5) is 2.65. The summed E-state index contributed by atoms with van der Waals surface area (Å²) in [7, 11) is 0. The van der Waals surface area contributed by atoms with Gasteiger partial charge in [0.2, 0.25) is 0 Å². The van der Waals surface area contributed by atoms with Gasteiger partial charge >= 0.3 is 0 Å². The van der Waals surface area contributed by atoms with Crippen molar-refractivity contribution in [2.24, 2.45) is 11.3 Å². The second-order valence-corrected chi connectivity index (χ2v) is 7.00. The van der Waals surface area contributed by atoms with Crippen LogP contribution in [0.1, 0.15) is 59.8 Å². The lowest BCUT2D eigenvalue weighted by atomic mass is 9.80. The minimum absolute atomic E-state index is 0.347. The van der Waals surface area contributed by atoms with Crippen molar-refractivity contribution in [3.8, 4) is 0 Å². The third-order valence-corrected chi connectivity index (χ3v) is 5.08. The maximum Gasteiger partial charge on any atom is 0.0434 e. The first-order valence-electron chi connectivity index (χ1n) is 8.62. The maximum absolute atomic E-state index is 9.15. The van der Waals surface area contributed by atoms with Gasteiger partial charge in [-0.15, -0.1) is 0 Å². The highest BCUT2D eigenvalue weighted by molar-refractivity contribution is 4.85. The van der Waals surface area contributed by atoms with Gasteiger partial charge in [0.15, 0.2) is 0 Å². The molecule has 0 bridgehead atoms. The van der Waals surface area contributed by atoms with E-state index in [4.69, 9.17) is 5.11 Å². The average Bonchev–Trinajstić information content (AvgIpc) is 2.44. The van der Waals surface area contributed by atoms with Gasteiger partial charge in [-0.1, -0.05) is 27.7 Å².